The molecule has 0 saturated carbocycles. The number of aliphatic carboxylic acids is 1. The second-order valence-electron chi connectivity index (χ2n) is 4.39. The zero-order chi connectivity index (χ0) is 12.0. The Balaban J connectivity index is 2.36. The zero-order valence-electron chi connectivity index (χ0n) is 9.89. The highest BCUT2D eigenvalue weighted by atomic mass is 16.4. The predicted octanol–water partition coefficient (Wildman–Crippen LogP) is 1.88. The summed E-state index contributed by atoms with van der Waals surface area (Å²) in [4.78, 5) is 12.4. The lowest BCUT2D eigenvalue weighted by molar-refractivity contribution is -0.138. The monoisotopic (exact) mass is 221 g/mol. The Bertz CT molecular complexity index is 324. The highest BCUT2D eigenvalue weighted by Gasteiger charge is 2.09. The second kappa shape index (κ2) is 6.28. The van der Waals surface area contributed by atoms with Crippen LogP contribution in [0.4, 0.5) is 0 Å². The van der Waals surface area contributed by atoms with Crippen molar-refractivity contribution in [3.05, 3.63) is 35.9 Å². The van der Waals surface area contributed by atoms with E-state index >= 15 is 0 Å². The van der Waals surface area contributed by atoms with Gasteiger partial charge >= 0.3 is 5.97 Å². The minimum Gasteiger partial charge on any atom is -0.480 e. The third kappa shape index (κ3) is 4.94. The number of rotatable bonds is 6. The molecule has 0 aliphatic rings. The molecule has 0 aliphatic heterocycles. The van der Waals surface area contributed by atoms with Gasteiger partial charge in [0.1, 0.15) is 0 Å². The van der Waals surface area contributed by atoms with E-state index in [1.165, 1.54) is 5.56 Å². The van der Waals surface area contributed by atoms with Crippen molar-refractivity contribution >= 4 is 5.97 Å². The van der Waals surface area contributed by atoms with Crippen LogP contribution in [-0.4, -0.2) is 36.1 Å². The molecular formula is C13H19NO2. The van der Waals surface area contributed by atoms with Crippen LogP contribution in [0.5, 0.6) is 0 Å². The first-order valence-corrected chi connectivity index (χ1v) is 5.52. The summed E-state index contributed by atoms with van der Waals surface area (Å²) in [6, 6.07) is 10.3. The van der Waals surface area contributed by atoms with Crippen molar-refractivity contribution in [3.8, 4) is 0 Å². The molecule has 3 nitrogen and oxygen atoms in total. The molecule has 3 heteroatoms. The summed E-state index contributed by atoms with van der Waals surface area (Å²) in [6.07, 6.45) is 0.991. The largest absolute Gasteiger partial charge is 0.480 e. The van der Waals surface area contributed by atoms with Gasteiger partial charge < -0.3 is 5.11 Å². The third-order valence-corrected chi connectivity index (χ3v) is 2.46. The SMILES string of the molecule is CC(Cc1ccccc1)CN(C)CC(=O)O. The molecule has 16 heavy (non-hydrogen) atoms. The summed E-state index contributed by atoms with van der Waals surface area (Å²) in [5, 5.41) is 8.64. The Morgan fingerprint density at radius 3 is 2.56 bits per heavy atom. The van der Waals surface area contributed by atoms with Crippen molar-refractivity contribution in [3.63, 3.8) is 0 Å². The summed E-state index contributed by atoms with van der Waals surface area (Å²) in [7, 11) is 1.84. The van der Waals surface area contributed by atoms with Crippen LogP contribution in [0.25, 0.3) is 0 Å². The molecule has 0 bridgehead atoms. The molecule has 0 spiro atoms. The summed E-state index contributed by atoms with van der Waals surface area (Å²) in [6.45, 7) is 3.06. The molecule has 1 atom stereocenters. The highest BCUT2D eigenvalue weighted by molar-refractivity contribution is 5.68. The van der Waals surface area contributed by atoms with Gasteiger partial charge in [0.15, 0.2) is 0 Å². The van der Waals surface area contributed by atoms with Crippen molar-refractivity contribution in [1.29, 1.82) is 0 Å². The smallest absolute Gasteiger partial charge is 0.317 e. The van der Waals surface area contributed by atoms with Gasteiger partial charge in [-0.1, -0.05) is 37.3 Å². The molecule has 1 aromatic rings. The topological polar surface area (TPSA) is 40.5 Å². The Hall–Kier alpha value is -1.35. The Kier molecular flexibility index (Phi) is 4.99. The number of hydrogen-bond donors (Lipinski definition) is 1. The minimum atomic E-state index is -0.769. The average molecular weight is 221 g/mol. The van der Waals surface area contributed by atoms with E-state index in [9.17, 15) is 4.79 Å². The van der Waals surface area contributed by atoms with E-state index in [0.29, 0.717) is 5.92 Å². The minimum absolute atomic E-state index is 0.110. The molecule has 0 heterocycles. The zero-order valence-corrected chi connectivity index (χ0v) is 9.89. The molecule has 1 N–H and O–H groups in total. The van der Waals surface area contributed by atoms with Gasteiger partial charge in [0.25, 0.3) is 0 Å². The first kappa shape index (κ1) is 12.7. The molecule has 0 fully saturated rings. The van der Waals surface area contributed by atoms with Crippen LogP contribution in [0.1, 0.15) is 12.5 Å². The highest BCUT2D eigenvalue weighted by Crippen LogP contribution is 2.08. The molecule has 0 aliphatic carbocycles. The fraction of sp³-hybridized carbons (Fsp3) is 0.462. The summed E-state index contributed by atoms with van der Waals surface area (Å²) in [5.74, 6) is -0.304. The number of carboxylic acids is 1. The molecule has 0 saturated heterocycles. The Morgan fingerprint density at radius 2 is 2.00 bits per heavy atom. The van der Waals surface area contributed by atoms with Gasteiger partial charge in [0, 0.05) is 6.54 Å². The molecule has 88 valence electrons. The van der Waals surface area contributed by atoms with Gasteiger partial charge in [-0.05, 0) is 24.9 Å². The fourth-order valence-electron chi connectivity index (χ4n) is 1.91. The van der Waals surface area contributed by atoms with Crippen LogP contribution in [0.15, 0.2) is 30.3 Å². The van der Waals surface area contributed by atoms with Crippen molar-refractivity contribution < 1.29 is 9.90 Å². The van der Waals surface area contributed by atoms with E-state index < -0.39 is 5.97 Å². The lowest BCUT2D eigenvalue weighted by Crippen LogP contribution is -2.30. The lowest BCUT2D eigenvalue weighted by Gasteiger charge is -2.19. The maximum absolute atomic E-state index is 10.5. The second-order valence-corrected chi connectivity index (χ2v) is 4.39. The summed E-state index contributed by atoms with van der Waals surface area (Å²) in [5.41, 5.74) is 1.30. The summed E-state index contributed by atoms with van der Waals surface area (Å²) < 4.78 is 0. The third-order valence-electron chi connectivity index (χ3n) is 2.46. The van der Waals surface area contributed by atoms with E-state index in [4.69, 9.17) is 5.11 Å². The van der Waals surface area contributed by atoms with E-state index in [1.54, 1.807) is 0 Å². The van der Waals surface area contributed by atoms with Gasteiger partial charge in [-0.2, -0.15) is 0 Å². The van der Waals surface area contributed by atoms with Crippen LogP contribution < -0.4 is 0 Å². The first-order chi connectivity index (χ1) is 7.58. The fourth-order valence-corrected chi connectivity index (χ4v) is 1.91. The maximum Gasteiger partial charge on any atom is 0.317 e. The molecular weight excluding hydrogens is 202 g/mol. The van der Waals surface area contributed by atoms with Gasteiger partial charge in [-0.25, -0.2) is 0 Å². The first-order valence-electron chi connectivity index (χ1n) is 5.52. The predicted molar refractivity (Wildman–Crippen MR) is 64.4 cm³/mol. The molecule has 0 amide bonds. The van der Waals surface area contributed by atoms with Crippen LogP contribution in [0, 0.1) is 5.92 Å². The molecule has 1 aromatic carbocycles. The van der Waals surface area contributed by atoms with E-state index in [0.717, 1.165) is 13.0 Å². The maximum atomic E-state index is 10.5. The number of nitrogens with zero attached hydrogens (tertiary/aromatic N) is 1. The van der Waals surface area contributed by atoms with E-state index in [1.807, 2.05) is 30.1 Å². The number of carboxylic acid groups (broad SMARTS) is 1. The summed E-state index contributed by atoms with van der Waals surface area (Å²) >= 11 is 0. The number of likely N-dealkylation sites (N-methyl/N-ethyl adjacent to an activating group) is 1. The molecule has 1 rings (SSSR count). The molecule has 0 radical (unpaired) electrons. The van der Waals surface area contributed by atoms with E-state index in [-0.39, 0.29) is 6.54 Å². The lowest BCUT2D eigenvalue weighted by atomic mass is 10.0. The van der Waals surface area contributed by atoms with Gasteiger partial charge in [0.05, 0.1) is 6.54 Å². The van der Waals surface area contributed by atoms with Crippen molar-refractivity contribution in [2.24, 2.45) is 5.92 Å². The van der Waals surface area contributed by atoms with Crippen molar-refractivity contribution in [2.75, 3.05) is 20.1 Å². The average Bonchev–Trinajstić information content (AvgIpc) is 2.17. The molecule has 0 aromatic heterocycles. The van der Waals surface area contributed by atoms with Crippen molar-refractivity contribution in [1.82, 2.24) is 4.90 Å². The van der Waals surface area contributed by atoms with Gasteiger partial charge in [0.2, 0.25) is 0 Å². The van der Waals surface area contributed by atoms with Gasteiger partial charge in [-0.15, -0.1) is 0 Å². The van der Waals surface area contributed by atoms with Crippen LogP contribution >= 0.6 is 0 Å². The Labute approximate surface area is 96.7 Å². The number of carbonyl (C=O) groups is 1. The standard InChI is InChI=1S/C13H19NO2/c1-11(9-14(2)10-13(15)16)8-12-6-4-3-5-7-12/h3-7,11H,8-10H2,1-2H3,(H,15,16). The number of hydrogen-bond acceptors (Lipinski definition) is 2. The van der Waals surface area contributed by atoms with Crippen LogP contribution in [0.3, 0.4) is 0 Å². The van der Waals surface area contributed by atoms with Crippen LogP contribution in [-0.2, 0) is 11.2 Å². The van der Waals surface area contributed by atoms with E-state index in [2.05, 4.69) is 19.1 Å². The van der Waals surface area contributed by atoms with Crippen LogP contribution in [0.2, 0.25) is 0 Å². The normalized spacial score (nSPS) is 12.7. The van der Waals surface area contributed by atoms with Gasteiger partial charge in [-0.3, -0.25) is 9.69 Å². The van der Waals surface area contributed by atoms with Crippen molar-refractivity contribution in [2.45, 2.75) is 13.3 Å². The quantitative estimate of drug-likeness (QED) is 0.797. The molecule has 1 unspecified atom stereocenters. The number of benzene rings is 1. The Morgan fingerprint density at radius 1 is 1.38 bits per heavy atom.